The van der Waals surface area contributed by atoms with Crippen LogP contribution in [0.25, 0.3) is 5.69 Å². The standard InChI is InChI=1S/C26H28N4O2S/c1-32-25(31)18-9-7-12-20(17-18)29-16-8-14-22(29)24-23(21-13-5-6-15-27-21)28-26(33)30(24)19-10-3-2-4-11-19/h5-9,12-17,19,23-24H,2-4,10-11H2,1H3,(H,28,33)/t23-,24+/m0/s1. The normalized spacial score (nSPS) is 21.1. The van der Waals surface area contributed by atoms with Crippen LogP contribution in [-0.2, 0) is 4.74 Å². The van der Waals surface area contributed by atoms with Gasteiger partial charge >= 0.3 is 5.97 Å². The van der Waals surface area contributed by atoms with Crippen molar-refractivity contribution >= 4 is 23.3 Å². The number of pyridine rings is 1. The van der Waals surface area contributed by atoms with Crippen LogP contribution in [0.2, 0.25) is 0 Å². The maximum atomic E-state index is 12.1. The fourth-order valence-corrected chi connectivity index (χ4v) is 5.59. The molecule has 2 atom stereocenters. The molecule has 0 spiro atoms. The van der Waals surface area contributed by atoms with Crippen LogP contribution in [0, 0.1) is 0 Å². The molecule has 1 aliphatic carbocycles. The largest absolute Gasteiger partial charge is 0.465 e. The Morgan fingerprint density at radius 3 is 2.70 bits per heavy atom. The third kappa shape index (κ3) is 4.13. The van der Waals surface area contributed by atoms with Crippen molar-refractivity contribution < 1.29 is 9.53 Å². The first-order valence-electron chi connectivity index (χ1n) is 11.5. The molecule has 3 aromatic rings. The Hall–Kier alpha value is -3.19. The second-order valence-electron chi connectivity index (χ2n) is 8.67. The van der Waals surface area contributed by atoms with Crippen LogP contribution >= 0.6 is 12.2 Å². The molecule has 1 aliphatic heterocycles. The quantitative estimate of drug-likeness (QED) is 0.429. The molecule has 170 valence electrons. The Morgan fingerprint density at radius 2 is 1.94 bits per heavy atom. The molecule has 2 aromatic heterocycles. The zero-order chi connectivity index (χ0) is 22.8. The molecule has 1 saturated heterocycles. The van der Waals surface area contributed by atoms with Gasteiger partial charge in [-0.1, -0.05) is 31.4 Å². The number of rotatable bonds is 5. The molecule has 0 unspecified atom stereocenters. The first-order valence-corrected chi connectivity index (χ1v) is 11.9. The fraction of sp³-hybridized carbons (Fsp3) is 0.346. The number of carbonyl (C=O) groups excluding carboxylic acids is 1. The molecule has 0 bridgehead atoms. The summed E-state index contributed by atoms with van der Waals surface area (Å²) in [4.78, 5) is 19.2. The number of hydrogen-bond acceptors (Lipinski definition) is 4. The number of benzene rings is 1. The summed E-state index contributed by atoms with van der Waals surface area (Å²) in [5.41, 5.74) is 3.53. The van der Waals surface area contributed by atoms with E-state index < -0.39 is 0 Å². The Kier molecular flexibility index (Phi) is 6.13. The number of nitrogens with one attached hydrogen (secondary N) is 1. The van der Waals surface area contributed by atoms with E-state index in [4.69, 9.17) is 17.0 Å². The lowest BCUT2D eigenvalue weighted by Gasteiger charge is -2.37. The summed E-state index contributed by atoms with van der Waals surface area (Å²) < 4.78 is 7.08. The van der Waals surface area contributed by atoms with E-state index in [-0.39, 0.29) is 18.1 Å². The molecular formula is C26H28N4O2S. The molecule has 1 saturated carbocycles. The first kappa shape index (κ1) is 21.6. The molecule has 7 heteroatoms. The monoisotopic (exact) mass is 460 g/mol. The molecule has 6 nitrogen and oxygen atoms in total. The van der Waals surface area contributed by atoms with Crippen LogP contribution in [0.15, 0.2) is 67.0 Å². The zero-order valence-corrected chi connectivity index (χ0v) is 19.5. The molecule has 3 heterocycles. The van der Waals surface area contributed by atoms with E-state index in [0.29, 0.717) is 11.6 Å². The maximum Gasteiger partial charge on any atom is 0.337 e. The average molecular weight is 461 g/mol. The maximum absolute atomic E-state index is 12.1. The van der Waals surface area contributed by atoms with Gasteiger partial charge in [-0.2, -0.15) is 0 Å². The van der Waals surface area contributed by atoms with Gasteiger partial charge in [0, 0.05) is 29.8 Å². The van der Waals surface area contributed by atoms with Crippen molar-refractivity contribution in [3.63, 3.8) is 0 Å². The highest BCUT2D eigenvalue weighted by atomic mass is 32.1. The number of ether oxygens (including phenoxy) is 1. The smallest absolute Gasteiger partial charge is 0.337 e. The summed E-state index contributed by atoms with van der Waals surface area (Å²) >= 11 is 5.90. The van der Waals surface area contributed by atoms with Gasteiger partial charge in [0.15, 0.2) is 5.11 Å². The Balaban J connectivity index is 1.60. The second kappa shape index (κ2) is 9.35. The lowest BCUT2D eigenvalue weighted by atomic mass is 9.92. The summed E-state index contributed by atoms with van der Waals surface area (Å²) in [5.74, 6) is -0.343. The van der Waals surface area contributed by atoms with Gasteiger partial charge in [0.25, 0.3) is 0 Å². The first-order chi connectivity index (χ1) is 16.2. The molecular weight excluding hydrogens is 432 g/mol. The van der Waals surface area contributed by atoms with Gasteiger partial charge in [0.1, 0.15) is 0 Å². The molecule has 2 fully saturated rings. The minimum atomic E-state index is -0.343. The van der Waals surface area contributed by atoms with E-state index in [1.165, 1.54) is 26.4 Å². The summed E-state index contributed by atoms with van der Waals surface area (Å²) in [6.45, 7) is 0. The molecule has 0 amide bonds. The van der Waals surface area contributed by atoms with Crippen LogP contribution in [0.3, 0.4) is 0 Å². The van der Waals surface area contributed by atoms with Gasteiger partial charge in [-0.05, 0) is 67.5 Å². The van der Waals surface area contributed by atoms with Crippen molar-refractivity contribution in [2.75, 3.05) is 7.11 Å². The predicted molar refractivity (Wildman–Crippen MR) is 131 cm³/mol. The van der Waals surface area contributed by atoms with Gasteiger partial charge in [-0.25, -0.2) is 4.79 Å². The van der Waals surface area contributed by atoms with Crippen molar-refractivity contribution in [1.29, 1.82) is 0 Å². The minimum Gasteiger partial charge on any atom is -0.465 e. The van der Waals surface area contributed by atoms with Gasteiger partial charge in [0.05, 0.1) is 30.5 Å². The summed E-state index contributed by atoms with van der Waals surface area (Å²) in [5, 5.41) is 4.37. The number of carbonyl (C=O) groups is 1. The van der Waals surface area contributed by atoms with Crippen LogP contribution in [0.5, 0.6) is 0 Å². The lowest BCUT2D eigenvalue weighted by Crippen LogP contribution is -2.40. The Morgan fingerprint density at radius 1 is 1.09 bits per heavy atom. The molecule has 1 N–H and O–H groups in total. The highest BCUT2D eigenvalue weighted by molar-refractivity contribution is 7.80. The predicted octanol–water partition coefficient (Wildman–Crippen LogP) is 4.96. The molecule has 5 rings (SSSR count). The van der Waals surface area contributed by atoms with Crippen LogP contribution in [0.1, 0.15) is 65.9 Å². The van der Waals surface area contributed by atoms with Crippen molar-refractivity contribution in [3.05, 3.63) is 83.9 Å². The number of hydrogen-bond donors (Lipinski definition) is 1. The Bertz CT molecular complexity index is 1140. The van der Waals surface area contributed by atoms with Crippen LogP contribution in [-0.4, -0.2) is 38.7 Å². The summed E-state index contributed by atoms with van der Waals surface area (Å²) in [6.07, 6.45) is 9.91. The van der Waals surface area contributed by atoms with E-state index in [9.17, 15) is 4.79 Å². The third-order valence-electron chi connectivity index (χ3n) is 6.73. The van der Waals surface area contributed by atoms with E-state index in [1.54, 1.807) is 6.07 Å². The fourth-order valence-electron chi connectivity index (χ4n) is 5.21. The van der Waals surface area contributed by atoms with Gasteiger partial charge in [0.2, 0.25) is 0 Å². The van der Waals surface area contributed by atoms with Crippen molar-refractivity contribution in [2.24, 2.45) is 0 Å². The highest BCUT2D eigenvalue weighted by Gasteiger charge is 2.44. The minimum absolute atomic E-state index is 0.00715. The van der Waals surface area contributed by atoms with E-state index in [2.05, 4.69) is 38.0 Å². The Labute approximate surface area is 199 Å². The SMILES string of the molecule is COC(=O)c1cccc(-n2cccc2[C@@H]2[C@H](c3ccccn3)NC(=S)N2C2CCCCC2)c1. The van der Waals surface area contributed by atoms with Gasteiger partial charge in [-0.15, -0.1) is 0 Å². The van der Waals surface area contributed by atoms with Crippen molar-refractivity contribution in [1.82, 2.24) is 19.8 Å². The van der Waals surface area contributed by atoms with E-state index >= 15 is 0 Å². The number of nitrogens with zero attached hydrogens (tertiary/aromatic N) is 3. The molecule has 0 radical (unpaired) electrons. The topological polar surface area (TPSA) is 59.4 Å². The highest BCUT2D eigenvalue weighted by Crippen LogP contribution is 2.43. The van der Waals surface area contributed by atoms with Crippen molar-refractivity contribution in [2.45, 2.75) is 50.2 Å². The van der Waals surface area contributed by atoms with Crippen LogP contribution in [0.4, 0.5) is 0 Å². The van der Waals surface area contributed by atoms with Gasteiger partial charge in [-0.3, -0.25) is 4.98 Å². The average Bonchev–Trinajstić information content (AvgIpc) is 3.49. The number of thiocarbonyl (C=S) groups is 1. The van der Waals surface area contributed by atoms with E-state index in [1.807, 2.05) is 42.7 Å². The zero-order valence-electron chi connectivity index (χ0n) is 18.7. The van der Waals surface area contributed by atoms with Crippen molar-refractivity contribution in [3.8, 4) is 5.69 Å². The van der Waals surface area contributed by atoms with E-state index in [0.717, 1.165) is 35.0 Å². The summed E-state index contributed by atoms with van der Waals surface area (Å²) in [6, 6.07) is 18.1. The third-order valence-corrected chi connectivity index (χ3v) is 7.06. The summed E-state index contributed by atoms with van der Waals surface area (Å²) in [7, 11) is 1.40. The van der Waals surface area contributed by atoms with Gasteiger partial charge < -0.3 is 19.5 Å². The number of aromatic nitrogens is 2. The second-order valence-corrected chi connectivity index (χ2v) is 9.06. The molecule has 33 heavy (non-hydrogen) atoms. The molecule has 1 aromatic carbocycles. The number of methoxy groups -OCH3 is 1. The van der Waals surface area contributed by atoms with Crippen LogP contribution < -0.4 is 5.32 Å². The lowest BCUT2D eigenvalue weighted by molar-refractivity contribution is 0.0600. The molecule has 2 aliphatic rings. The number of esters is 1.